The molecule has 3 aromatic rings. The third-order valence-electron chi connectivity index (χ3n) is 4.99. The Morgan fingerprint density at radius 1 is 1.19 bits per heavy atom. The number of amides is 2. The summed E-state index contributed by atoms with van der Waals surface area (Å²) in [6.07, 6.45) is 1.47. The number of aromatic nitrogens is 2. The third kappa shape index (κ3) is 4.40. The van der Waals surface area contributed by atoms with Gasteiger partial charge in [-0.1, -0.05) is 12.1 Å². The van der Waals surface area contributed by atoms with Gasteiger partial charge in [-0.05, 0) is 38.2 Å². The van der Waals surface area contributed by atoms with Crippen LogP contribution in [0.15, 0.2) is 63.1 Å². The lowest BCUT2D eigenvalue weighted by Crippen LogP contribution is -2.48. The second kappa shape index (κ2) is 9.06. The van der Waals surface area contributed by atoms with E-state index in [0.717, 1.165) is 0 Å². The molecule has 0 fully saturated rings. The van der Waals surface area contributed by atoms with Gasteiger partial charge >= 0.3 is 12.0 Å². The number of likely N-dealkylation sites (N-methyl/N-ethyl adjacent to an activating group) is 1. The minimum atomic E-state index is -0.778. The molecule has 166 valence electrons. The minimum absolute atomic E-state index is 0.187. The highest BCUT2D eigenvalue weighted by Crippen LogP contribution is 2.28. The lowest BCUT2D eigenvalue weighted by Gasteiger charge is -2.29. The van der Waals surface area contributed by atoms with Gasteiger partial charge in [-0.15, -0.1) is 0 Å². The quantitative estimate of drug-likeness (QED) is 0.481. The molecule has 32 heavy (non-hydrogen) atoms. The molecule has 0 saturated carbocycles. The Hall–Kier alpha value is -3.92. The zero-order valence-corrected chi connectivity index (χ0v) is 17.7. The monoisotopic (exact) mass is 437 g/mol. The van der Waals surface area contributed by atoms with Crippen LogP contribution in [0.5, 0.6) is 0 Å². The number of hydrogen-bond acceptors (Lipinski definition) is 7. The summed E-state index contributed by atoms with van der Waals surface area (Å²) >= 11 is 0. The Bertz CT molecular complexity index is 1230. The van der Waals surface area contributed by atoms with Gasteiger partial charge < -0.3 is 24.8 Å². The van der Waals surface area contributed by atoms with E-state index in [1.54, 1.807) is 44.3 Å². The lowest BCUT2D eigenvalue weighted by molar-refractivity contribution is -0.139. The van der Waals surface area contributed by atoms with Crippen LogP contribution in [0.2, 0.25) is 0 Å². The smallest absolute Gasteiger partial charge is 0.338 e. The maximum atomic E-state index is 12.8. The van der Waals surface area contributed by atoms with Crippen molar-refractivity contribution < 1.29 is 18.7 Å². The van der Waals surface area contributed by atoms with E-state index in [1.165, 1.54) is 6.26 Å². The van der Waals surface area contributed by atoms with Gasteiger partial charge in [0.2, 0.25) is 0 Å². The molecule has 0 aliphatic carbocycles. The summed E-state index contributed by atoms with van der Waals surface area (Å²) in [7, 11) is 1.79. The first-order valence-electron chi connectivity index (χ1n) is 10.1. The van der Waals surface area contributed by atoms with E-state index in [0.29, 0.717) is 28.2 Å². The van der Waals surface area contributed by atoms with Crippen molar-refractivity contribution in [2.45, 2.75) is 19.5 Å². The van der Waals surface area contributed by atoms with Crippen LogP contribution < -0.4 is 16.2 Å². The van der Waals surface area contributed by atoms with Crippen molar-refractivity contribution in [2.75, 3.05) is 20.2 Å². The molecule has 2 amide bonds. The van der Waals surface area contributed by atoms with E-state index in [-0.39, 0.29) is 30.8 Å². The van der Waals surface area contributed by atoms with Crippen molar-refractivity contribution in [3.05, 3.63) is 75.9 Å². The highest BCUT2D eigenvalue weighted by molar-refractivity contribution is 5.95. The van der Waals surface area contributed by atoms with Crippen LogP contribution >= 0.6 is 0 Å². The third-order valence-corrected chi connectivity index (χ3v) is 4.99. The molecule has 2 aromatic heterocycles. The molecule has 0 bridgehead atoms. The topological polar surface area (TPSA) is 130 Å². The van der Waals surface area contributed by atoms with Gasteiger partial charge in [0.1, 0.15) is 17.6 Å². The van der Waals surface area contributed by atoms with E-state index in [4.69, 9.17) is 9.15 Å². The molecule has 3 heterocycles. The number of aromatic amines is 1. The second-order valence-electron chi connectivity index (χ2n) is 7.36. The number of esters is 1. The number of ether oxygens (including phenoxy) is 1. The molecule has 1 unspecified atom stereocenters. The van der Waals surface area contributed by atoms with Crippen LogP contribution in [-0.2, 0) is 16.1 Å². The summed E-state index contributed by atoms with van der Waals surface area (Å²) in [5, 5.41) is 5.93. The number of furan rings is 1. The zero-order valence-electron chi connectivity index (χ0n) is 17.7. The number of nitrogens with zero attached hydrogens (tertiary/aromatic N) is 2. The molecular formula is C22H23N5O5. The highest BCUT2D eigenvalue weighted by atomic mass is 16.5. The van der Waals surface area contributed by atoms with Crippen LogP contribution in [0.25, 0.3) is 10.9 Å². The molecule has 1 atom stereocenters. The fourth-order valence-electron chi connectivity index (χ4n) is 3.65. The van der Waals surface area contributed by atoms with E-state index >= 15 is 0 Å². The largest absolute Gasteiger partial charge is 0.467 e. The average Bonchev–Trinajstić information content (AvgIpc) is 3.28. The van der Waals surface area contributed by atoms with Crippen molar-refractivity contribution >= 4 is 22.9 Å². The molecule has 4 rings (SSSR count). The molecule has 1 aliphatic rings. The molecular weight excluding hydrogens is 414 g/mol. The number of benzene rings is 1. The number of hydrogen-bond donors (Lipinski definition) is 3. The van der Waals surface area contributed by atoms with Crippen LogP contribution in [0.3, 0.4) is 0 Å². The molecule has 0 spiro atoms. The van der Waals surface area contributed by atoms with Gasteiger partial charge in [0.25, 0.3) is 5.56 Å². The van der Waals surface area contributed by atoms with Crippen molar-refractivity contribution in [1.29, 1.82) is 0 Å². The van der Waals surface area contributed by atoms with Crippen molar-refractivity contribution in [3.8, 4) is 0 Å². The van der Waals surface area contributed by atoms with Gasteiger partial charge in [0, 0.05) is 12.2 Å². The Morgan fingerprint density at radius 3 is 2.75 bits per heavy atom. The number of rotatable bonds is 7. The molecule has 0 radical (unpaired) electrons. The van der Waals surface area contributed by atoms with E-state index in [2.05, 4.69) is 20.6 Å². The Kier molecular flexibility index (Phi) is 6.04. The summed E-state index contributed by atoms with van der Waals surface area (Å²) in [5.74, 6) is 0.336. The number of para-hydroxylation sites is 1. The summed E-state index contributed by atoms with van der Waals surface area (Å²) < 4.78 is 10.7. The highest BCUT2D eigenvalue weighted by Gasteiger charge is 2.35. The number of carbonyl (C=O) groups excluding carboxylic acids is 2. The van der Waals surface area contributed by atoms with Gasteiger partial charge in [-0.3, -0.25) is 9.69 Å². The molecule has 1 aromatic carbocycles. The first kappa shape index (κ1) is 21.3. The van der Waals surface area contributed by atoms with Crippen LogP contribution in [0, 0.1) is 0 Å². The zero-order chi connectivity index (χ0) is 22.7. The predicted octanol–water partition coefficient (Wildman–Crippen LogP) is 1.82. The standard InChI is InChI=1S/C22H23N5O5/c1-3-31-21(29)18-15(24-22(30)26-19(18)16-9-6-10-32-16)11-27(2)12-17-23-14-8-5-4-7-13(14)20(28)25-17/h4-10,19H,3,11-12H2,1-2H3,(H,23,25,28)(H2,24,26,30). The molecule has 0 saturated heterocycles. The fraction of sp³-hybridized carbons (Fsp3) is 0.273. The van der Waals surface area contributed by atoms with Gasteiger partial charge in [-0.25, -0.2) is 14.6 Å². The number of H-pyrrole nitrogens is 1. The van der Waals surface area contributed by atoms with E-state index in [1.807, 2.05) is 11.0 Å². The average molecular weight is 437 g/mol. The Balaban J connectivity index is 1.63. The number of carbonyl (C=O) groups is 2. The first-order chi connectivity index (χ1) is 15.5. The van der Waals surface area contributed by atoms with Gasteiger partial charge in [-0.2, -0.15) is 0 Å². The van der Waals surface area contributed by atoms with Crippen LogP contribution in [0.4, 0.5) is 4.79 Å². The molecule has 10 nitrogen and oxygen atoms in total. The number of fused-ring (bicyclic) bond motifs is 1. The van der Waals surface area contributed by atoms with Crippen LogP contribution in [-0.4, -0.2) is 47.1 Å². The SMILES string of the molecule is CCOC(=O)C1=C(CN(C)Cc2nc3ccccc3c(=O)[nH]2)NC(=O)NC1c1ccco1. The van der Waals surface area contributed by atoms with Crippen molar-refractivity contribution in [3.63, 3.8) is 0 Å². The molecule has 10 heteroatoms. The summed E-state index contributed by atoms with van der Waals surface area (Å²) in [6.45, 7) is 2.39. The van der Waals surface area contributed by atoms with E-state index in [9.17, 15) is 14.4 Å². The minimum Gasteiger partial charge on any atom is -0.467 e. The fourth-order valence-corrected chi connectivity index (χ4v) is 3.65. The first-order valence-corrected chi connectivity index (χ1v) is 10.1. The molecule has 3 N–H and O–H groups in total. The lowest BCUT2D eigenvalue weighted by atomic mass is 10.00. The second-order valence-corrected chi connectivity index (χ2v) is 7.36. The van der Waals surface area contributed by atoms with Crippen LogP contribution in [0.1, 0.15) is 24.6 Å². The summed E-state index contributed by atoms with van der Waals surface area (Å²) in [4.78, 5) is 46.5. The summed E-state index contributed by atoms with van der Waals surface area (Å²) in [6, 6.07) is 9.21. The maximum absolute atomic E-state index is 12.8. The predicted molar refractivity (Wildman–Crippen MR) is 115 cm³/mol. The number of urea groups is 1. The number of nitrogens with one attached hydrogen (secondary N) is 3. The molecule has 1 aliphatic heterocycles. The van der Waals surface area contributed by atoms with Crippen molar-refractivity contribution in [1.82, 2.24) is 25.5 Å². The maximum Gasteiger partial charge on any atom is 0.338 e. The summed E-state index contributed by atoms with van der Waals surface area (Å²) in [5.41, 5.74) is 1.02. The van der Waals surface area contributed by atoms with E-state index < -0.39 is 18.0 Å². The van der Waals surface area contributed by atoms with Gasteiger partial charge in [0.15, 0.2) is 0 Å². The van der Waals surface area contributed by atoms with Crippen molar-refractivity contribution in [2.24, 2.45) is 0 Å². The Labute approximate surface area is 183 Å². The normalized spacial score (nSPS) is 16.2. The Morgan fingerprint density at radius 2 is 2.00 bits per heavy atom. The van der Waals surface area contributed by atoms with Gasteiger partial charge in [0.05, 0.1) is 35.9 Å².